The molecule has 1 unspecified atom stereocenters. The molecule has 3 nitrogen and oxygen atoms in total. The summed E-state index contributed by atoms with van der Waals surface area (Å²) in [4.78, 5) is 12.0. The first kappa shape index (κ1) is 25.6. The minimum atomic E-state index is -0.570. The van der Waals surface area contributed by atoms with Gasteiger partial charge in [0.15, 0.2) is 0 Å². The first-order valence-corrected chi connectivity index (χ1v) is 10.8. The van der Waals surface area contributed by atoms with Crippen LogP contribution < -0.4 is 0 Å². The molecule has 0 saturated heterocycles. The standard InChI is InChI=1S/C23H30F2O2.C2H3N/c1-3-5-7-17(4-2)16-27-23(26)11-10-18-8-6-9-19(12-18)20-13-21(24)15-22(25)14-20;1-2-3/h10,12-15,17H,3-9,11,16H2,1-2H3;1H3/b18-10+;. The topological polar surface area (TPSA) is 50.1 Å². The third-order valence-electron chi connectivity index (χ3n) is 5.06. The van der Waals surface area contributed by atoms with Crippen molar-refractivity contribution in [3.63, 3.8) is 0 Å². The molecule has 0 heterocycles. The molecule has 30 heavy (non-hydrogen) atoms. The van der Waals surface area contributed by atoms with Crippen molar-refractivity contribution in [3.8, 4) is 6.07 Å². The summed E-state index contributed by atoms with van der Waals surface area (Å²) in [6, 6.07) is 5.34. The van der Waals surface area contributed by atoms with Crippen molar-refractivity contribution in [2.45, 2.75) is 72.1 Å². The zero-order valence-corrected chi connectivity index (χ0v) is 18.3. The Morgan fingerprint density at radius 1 is 1.23 bits per heavy atom. The lowest BCUT2D eigenvalue weighted by Gasteiger charge is -2.16. The first-order valence-electron chi connectivity index (χ1n) is 10.8. The molecule has 164 valence electrons. The highest BCUT2D eigenvalue weighted by molar-refractivity contribution is 5.73. The third-order valence-corrected chi connectivity index (χ3v) is 5.06. The first-order chi connectivity index (χ1) is 14.4. The van der Waals surface area contributed by atoms with Crippen LogP contribution in [0, 0.1) is 28.9 Å². The second kappa shape index (κ2) is 14.5. The lowest BCUT2D eigenvalue weighted by molar-refractivity contribution is -0.144. The van der Waals surface area contributed by atoms with Crippen molar-refractivity contribution in [1.29, 1.82) is 5.26 Å². The number of nitrogens with zero attached hydrogens (tertiary/aromatic N) is 1. The maximum atomic E-state index is 13.4. The van der Waals surface area contributed by atoms with E-state index in [0.717, 1.165) is 62.2 Å². The summed E-state index contributed by atoms with van der Waals surface area (Å²) in [5, 5.41) is 7.32. The number of ether oxygens (including phenoxy) is 1. The lowest BCUT2D eigenvalue weighted by Crippen LogP contribution is -2.13. The maximum absolute atomic E-state index is 13.4. The third kappa shape index (κ3) is 9.82. The number of esters is 1. The van der Waals surface area contributed by atoms with Crippen LogP contribution >= 0.6 is 0 Å². The molecule has 1 aromatic carbocycles. The van der Waals surface area contributed by atoms with Gasteiger partial charge in [-0.15, -0.1) is 0 Å². The number of carbonyl (C=O) groups excluding carboxylic acids is 1. The Morgan fingerprint density at radius 3 is 2.50 bits per heavy atom. The fourth-order valence-corrected chi connectivity index (χ4v) is 3.36. The zero-order chi connectivity index (χ0) is 22.4. The van der Waals surface area contributed by atoms with Crippen molar-refractivity contribution in [2.24, 2.45) is 5.92 Å². The van der Waals surface area contributed by atoms with Crippen molar-refractivity contribution < 1.29 is 18.3 Å². The van der Waals surface area contributed by atoms with Crippen molar-refractivity contribution >= 4 is 11.5 Å². The summed E-state index contributed by atoms with van der Waals surface area (Å²) in [7, 11) is 0. The molecule has 2 rings (SSSR count). The molecule has 0 saturated carbocycles. The highest BCUT2D eigenvalue weighted by Gasteiger charge is 2.13. The van der Waals surface area contributed by atoms with Gasteiger partial charge in [-0.25, -0.2) is 8.78 Å². The average molecular weight is 418 g/mol. The number of rotatable bonds is 9. The molecule has 1 aliphatic rings. The number of nitriles is 1. The molecule has 1 atom stereocenters. The van der Waals surface area contributed by atoms with Gasteiger partial charge in [0.1, 0.15) is 11.6 Å². The van der Waals surface area contributed by atoms with Gasteiger partial charge in [-0.2, -0.15) is 5.26 Å². The van der Waals surface area contributed by atoms with Crippen LogP contribution in [-0.4, -0.2) is 12.6 Å². The lowest BCUT2D eigenvalue weighted by atomic mass is 9.90. The van der Waals surface area contributed by atoms with E-state index in [4.69, 9.17) is 10.00 Å². The highest BCUT2D eigenvalue weighted by atomic mass is 19.1. The Kier molecular flexibility index (Phi) is 12.3. The molecule has 1 aliphatic carbocycles. The van der Waals surface area contributed by atoms with Crippen LogP contribution in [0.2, 0.25) is 0 Å². The summed E-state index contributed by atoms with van der Waals surface area (Å²) >= 11 is 0. The SMILES string of the molecule is CC#N.CCCCC(CC)COC(=O)C/C=C1/C=C(c2cc(F)cc(F)c2)CCC1. The molecule has 0 bridgehead atoms. The molecule has 0 amide bonds. The van der Waals surface area contributed by atoms with Crippen LogP contribution in [0.1, 0.15) is 77.7 Å². The van der Waals surface area contributed by atoms with E-state index in [9.17, 15) is 13.6 Å². The summed E-state index contributed by atoms with van der Waals surface area (Å²) in [6.07, 6.45) is 11.0. The number of allylic oxidation sites excluding steroid dienone is 3. The normalized spacial score (nSPS) is 15.5. The molecular formula is C25H33F2NO2. The van der Waals surface area contributed by atoms with E-state index < -0.39 is 11.6 Å². The van der Waals surface area contributed by atoms with Gasteiger partial charge in [0, 0.05) is 13.0 Å². The second-order valence-corrected chi connectivity index (χ2v) is 7.49. The van der Waals surface area contributed by atoms with E-state index in [2.05, 4.69) is 13.8 Å². The van der Waals surface area contributed by atoms with Crippen LogP contribution in [0.5, 0.6) is 0 Å². The largest absolute Gasteiger partial charge is 0.465 e. The molecule has 1 aromatic rings. The van der Waals surface area contributed by atoms with Crippen LogP contribution in [0.3, 0.4) is 0 Å². The predicted molar refractivity (Wildman–Crippen MR) is 116 cm³/mol. The van der Waals surface area contributed by atoms with E-state index >= 15 is 0 Å². The molecule has 0 fully saturated rings. The molecule has 5 heteroatoms. The quantitative estimate of drug-likeness (QED) is 0.401. The van der Waals surface area contributed by atoms with Gasteiger partial charge in [0.25, 0.3) is 0 Å². The smallest absolute Gasteiger partial charge is 0.309 e. The van der Waals surface area contributed by atoms with Gasteiger partial charge < -0.3 is 4.74 Å². The van der Waals surface area contributed by atoms with Crippen molar-refractivity contribution in [2.75, 3.05) is 6.61 Å². The summed E-state index contributed by atoms with van der Waals surface area (Å²) < 4.78 is 32.3. The molecule has 0 aromatic heterocycles. The number of halogens is 2. The molecule has 0 aliphatic heterocycles. The zero-order valence-electron chi connectivity index (χ0n) is 18.3. The monoisotopic (exact) mass is 417 g/mol. The van der Waals surface area contributed by atoms with Gasteiger partial charge in [0.2, 0.25) is 0 Å². The van der Waals surface area contributed by atoms with Crippen molar-refractivity contribution in [3.05, 3.63) is 53.1 Å². The minimum Gasteiger partial charge on any atom is -0.465 e. The van der Waals surface area contributed by atoms with E-state index in [1.54, 1.807) is 6.07 Å². The fourth-order valence-electron chi connectivity index (χ4n) is 3.36. The Morgan fingerprint density at radius 2 is 1.90 bits per heavy atom. The number of unbranched alkanes of at least 4 members (excludes halogenated alkanes) is 1. The second-order valence-electron chi connectivity index (χ2n) is 7.49. The van der Waals surface area contributed by atoms with E-state index in [1.807, 2.05) is 12.2 Å². The van der Waals surface area contributed by atoms with Crippen molar-refractivity contribution in [1.82, 2.24) is 0 Å². The van der Waals surface area contributed by atoms with Gasteiger partial charge in [0.05, 0.1) is 19.1 Å². The van der Waals surface area contributed by atoms with Gasteiger partial charge in [-0.05, 0) is 54.9 Å². The number of hydrogen-bond acceptors (Lipinski definition) is 3. The van der Waals surface area contributed by atoms with Crippen LogP contribution in [0.25, 0.3) is 5.57 Å². The molecule has 0 spiro atoms. The Hall–Kier alpha value is -2.48. The van der Waals surface area contributed by atoms with Gasteiger partial charge >= 0.3 is 5.97 Å². The predicted octanol–water partition coefficient (Wildman–Crippen LogP) is 7.14. The average Bonchev–Trinajstić information content (AvgIpc) is 2.72. The summed E-state index contributed by atoms with van der Waals surface area (Å²) in [5.41, 5.74) is 2.50. The van der Waals surface area contributed by atoms with Gasteiger partial charge in [-0.1, -0.05) is 50.8 Å². The fraction of sp³-hybridized carbons (Fsp3) is 0.520. The van der Waals surface area contributed by atoms with Crippen LogP contribution in [0.4, 0.5) is 8.78 Å². The summed E-state index contributed by atoms with van der Waals surface area (Å²) in [5.74, 6) is -0.918. The number of hydrogen-bond donors (Lipinski definition) is 0. The summed E-state index contributed by atoms with van der Waals surface area (Å²) in [6.45, 7) is 6.21. The maximum Gasteiger partial charge on any atom is 0.309 e. The number of carbonyl (C=O) groups is 1. The Balaban J connectivity index is 0.00000141. The van der Waals surface area contributed by atoms with Gasteiger partial charge in [-0.3, -0.25) is 4.79 Å². The van der Waals surface area contributed by atoms with E-state index in [1.165, 1.54) is 19.1 Å². The van der Waals surface area contributed by atoms with Crippen LogP contribution in [0.15, 0.2) is 35.9 Å². The van der Waals surface area contributed by atoms with E-state index in [0.29, 0.717) is 18.1 Å². The Labute approximate surface area is 179 Å². The van der Waals surface area contributed by atoms with Crippen LogP contribution in [-0.2, 0) is 9.53 Å². The molecule has 0 radical (unpaired) electrons. The highest BCUT2D eigenvalue weighted by Crippen LogP contribution is 2.30. The Bertz CT molecular complexity index is 758. The molecular weight excluding hydrogens is 384 g/mol. The minimum absolute atomic E-state index is 0.213. The number of benzene rings is 1. The molecule has 0 N–H and O–H groups in total. The van der Waals surface area contributed by atoms with E-state index in [-0.39, 0.29) is 12.4 Å².